The van der Waals surface area contributed by atoms with Crippen LogP contribution in [-0.2, 0) is 17.8 Å². The smallest absolute Gasteiger partial charge is 0.340 e. The lowest BCUT2D eigenvalue weighted by atomic mass is 10.0. The minimum atomic E-state index is -1.34. The van der Waals surface area contributed by atoms with Crippen LogP contribution in [0.4, 0.5) is 0 Å². The third-order valence-electron chi connectivity index (χ3n) is 4.41. The maximum atomic E-state index is 12.2. The molecule has 27 heavy (non-hydrogen) atoms. The molecule has 0 aliphatic carbocycles. The molecule has 3 rings (SSSR count). The van der Waals surface area contributed by atoms with Crippen LogP contribution >= 0.6 is 23.2 Å². The van der Waals surface area contributed by atoms with E-state index in [0.717, 1.165) is 0 Å². The van der Waals surface area contributed by atoms with E-state index in [1.807, 2.05) is 0 Å². The highest BCUT2D eigenvalue weighted by Gasteiger charge is 2.16. The van der Waals surface area contributed by atoms with Crippen molar-refractivity contribution in [2.45, 2.75) is 26.9 Å². The van der Waals surface area contributed by atoms with E-state index in [4.69, 9.17) is 32.4 Å². The van der Waals surface area contributed by atoms with Gasteiger partial charge in [0.15, 0.2) is 0 Å². The molecule has 0 spiro atoms. The third kappa shape index (κ3) is 3.80. The first kappa shape index (κ1) is 19.3. The molecular weight excluding hydrogens is 391 g/mol. The molecule has 140 valence electrons. The summed E-state index contributed by atoms with van der Waals surface area (Å²) in [6, 6.07) is 8.65. The quantitative estimate of drug-likeness (QED) is 0.605. The van der Waals surface area contributed by atoms with Crippen molar-refractivity contribution in [2.24, 2.45) is 0 Å². The number of halogens is 2. The van der Waals surface area contributed by atoms with E-state index in [2.05, 4.69) is 0 Å². The summed E-state index contributed by atoms with van der Waals surface area (Å²) in [5, 5.41) is 12.5. The maximum absolute atomic E-state index is 12.2. The van der Waals surface area contributed by atoms with Gasteiger partial charge in [-0.05, 0) is 43.7 Å². The van der Waals surface area contributed by atoms with E-state index >= 15 is 0 Å². The molecule has 0 unspecified atom stereocenters. The van der Waals surface area contributed by atoms with Gasteiger partial charge in [-0.3, -0.25) is 0 Å². The van der Waals surface area contributed by atoms with E-state index in [-0.39, 0.29) is 12.2 Å². The Balaban J connectivity index is 2.00. The first-order valence-corrected chi connectivity index (χ1v) is 8.86. The zero-order chi connectivity index (χ0) is 19.7. The Morgan fingerprint density at radius 1 is 1.07 bits per heavy atom. The fourth-order valence-corrected chi connectivity index (χ4v) is 3.40. The minimum Gasteiger partial charge on any atom is -0.550 e. The number of benzene rings is 2. The van der Waals surface area contributed by atoms with Gasteiger partial charge in [0.05, 0.1) is 0 Å². The molecule has 0 fully saturated rings. The molecule has 1 aromatic heterocycles. The van der Waals surface area contributed by atoms with Crippen LogP contribution < -0.4 is 15.5 Å². The van der Waals surface area contributed by atoms with Crippen molar-refractivity contribution in [2.75, 3.05) is 0 Å². The second-order valence-electron chi connectivity index (χ2n) is 6.10. The number of carbonyl (C=O) groups excluding carboxylic acids is 1. The number of carboxylic acid groups (broad SMARTS) is 1. The molecule has 0 amide bonds. The van der Waals surface area contributed by atoms with Crippen LogP contribution in [0.15, 0.2) is 39.5 Å². The number of hydrogen-bond acceptors (Lipinski definition) is 5. The number of aliphatic carboxylic acids is 1. The topological polar surface area (TPSA) is 79.6 Å². The van der Waals surface area contributed by atoms with E-state index in [9.17, 15) is 14.7 Å². The lowest BCUT2D eigenvalue weighted by molar-refractivity contribution is -0.304. The molecule has 0 bridgehead atoms. The van der Waals surface area contributed by atoms with Crippen molar-refractivity contribution in [1.29, 1.82) is 0 Å². The van der Waals surface area contributed by atoms with E-state index in [1.165, 1.54) is 0 Å². The van der Waals surface area contributed by atoms with E-state index in [1.54, 1.807) is 44.2 Å². The molecule has 0 atom stereocenters. The predicted molar refractivity (Wildman–Crippen MR) is 101 cm³/mol. The number of rotatable bonds is 5. The average molecular weight is 406 g/mol. The molecule has 2 aromatic carbocycles. The fraction of sp³-hybridized carbons (Fsp3) is 0.200. The monoisotopic (exact) mass is 405 g/mol. The molecule has 7 heteroatoms. The van der Waals surface area contributed by atoms with Gasteiger partial charge in [0, 0.05) is 44.5 Å². The number of aryl methyl sites for hydroxylation is 2. The summed E-state index contributed by atoms with van der Waals surface area (Å²) in [5.41, 5.74) is 1.56. The van der Waals surface area contributed by atoms with Crippen molar-refractivity contribution in [3.05, 3.63) is 73.1 Å². The van der Waals surface area contributed by atoms with Gasteiger partial charge >= 0.3 is 5.63 Å². The van der Waals surface area contributed by atoms with Crippen molar-refractivity contribution in [1.82, 2.24) is 0 Å². The number of carboxylic acids is 1. The first-order valence-electron chi connectivity index (χ1n) is 8.11. The number of carbonyl (C=O) groups is 1. The van der Waals surface area contributed by atoms with Crippen LogP contribution in [0.3, 0.4) is 0 Å². The maximum Gasteiger partial charge on any atom is 0.340 e. The number of fused-ring (bicyclic) bond motifs is 1. The van der Waals surface area contributed by atoms with Crippen molar-refractivity contribution in [3.8, 4) is 5.75 Å². The Morgan fingerprint density at radius 2 is 1.74 bits per heavy atom. The lowest BCUT2D eigenvalue weighted by Crippen LogP contribution is -2.27. The highest BCUT2D eigenvalue weighted by atomic mass is 35.5. The summed E-state index contributed by atoms with van der Waals surface area (Å²) >= 11 is 12.3. The molecular formula is C20H15Cl2O5-. The summed E-state index contributed by atoms with van der Waals surface area (Å²) < 4.78 is 11.2. The highest BCUT2D eigenvalue weighted by molar-refractivity contribution is 6.35. The largest absolute Gasteiger partial charge is 0.550 e. The Morgan fingerprint density at radius 3 is 2.37 bits per heavy atom. The number of hydrogen-bond donors (Lipinski definition) is 0. The molecule has 1 heterocycles. The van der Waals surface area contributed by atoms with Gasteiger partial charge in [-0.1, -0.05) is 29.3 Å². The lowest BCUT2D eigenvalue weighted by Gasteiger charge is -2.14. The average Bonchev–Trinajstić information content (AvgIpc) is 2.60. The molecule has 0 saturated heterocycles. The molecule has 3 aromatic rings. The Kier molecular flexibility index (Phi) is 5.44. The Labute approximate surface area is 165 Å². The standard InChI is InChI=1S/C20H16Cl2O5/c1-10-12-6-7-17(26-9-14-15(21)4-3-5-16(14)22)11(2)19(12)27-20(25)13(10)8-18(23)24/h3-7H,8-9H2,1-2H3,(H,23,24)/p-1. The molecule has 0 N–H and O–H groups in total. The van der Waals surface area contributed by atoms with Gasteiger partial charge in [-0.15, -0.1) is 0 Å². The van der Waals surface area contributed by atoms with E-state index in [0.29, 0.717) is 43.5 Å². The van der Waals surface area contributed by atoms with Gasteiger partial charge in [0.2, 0.25) is 0 Å². The summed E-state index contributed by atoms with van der Waals surface area (Å²) in [4.78, 5) is 23.1. The van der Waals surface area contributed by atoms with Crippen LogP contribution in [0.1, 0.15) is 22.3 Å². The van der Waals surface area contributed by atoms with Crippen molar-refractivity contribution >= 4 is 40.1 Å². The SMILES string of the molecule is Cc1c(CC(=O)[O-])c(=O)oc2c(C)c(OCc3c(Cl)cccc3Cl)ccc12. The van der Waals surface area contributed by atoms with Gasteiger partial charge in [0.1, 0.15) is 17.9 Å². The Hall–Kier alpha value is -2.50. The van der Waals surface area contributed by atoms with Crippen LogP contribution in [0, 0.1) is 13.8 Å². The summed E-state index contributed by atoms with van der Waals surface area (Å²) in [7, 11) is 0. The van der Waals surface area contributed by atoms with Crippen LogP contribution in [0.5, 0.6) is 5.75 Å². The molecule has 5 nitrogen and oxygen atoms in total. The second kappa shape index (κ2) is 7.62. The van der Waals surface area contributed by atoms with Gasteiger partial charge < -0.3 is 19.1 Å². The third-order valence-corrected chi connectivity index (χ3v) is 5.12. The molecule has 0 aliphatic heterocycles. The first-order chi connectivity index (χ1) is 12.8. The van der Waals surface area contributed by atoms with Gasteiger partial charge in [-0.25, -0.2) is 4.79 Å². The minimum absolute atomic E-state index is 0.0819. The second-order valence-corrected chi connectivity index (χ2v) is 6.91. The zero-order valence-electron chi connectivity index (χ0n) is 14.6. The predicted octanol–water partition coefficient (Wildman–Crippen LogP) is 3.59. The van der Waals surface area contributed by atoms with Crippen LogP contribution in [-0.4, -0.2) is 5.97 Å². The molecule has 0 saturated carbocycles. The van der Waals surface area contributed by atoms with Gasteiger partial charge in [-0.2, -0.15) is 0 Å². The summed E-state index contributed by atoms with van der Waals surface area (Å²) in [6.07, 6.45) is -0.494. The van der Waals surface area contributed by atoms with Crippen LogP contribution in [0.2, 0.25) is 10.0 Å². The van der Waals surface area contributed by atoms with Gasteiger partial charge in [0.25, 0.3) is 0 Å². The molecule has 0 radical (unpaired) electrons. The van der Waals surface area contributed by atoms with Crippen molar-refractivity contribution in [3.63, 3.8) is 0 Å². The van der Waals surface area contributed by atoms with Crippen LogP contribution in [0.25, 0.3) is 11.0 Å². The summed E-state index contributed by atoms with van der Waals surface area (Å²) in [6.45, 7) is 3.59. The van der Waals surface area contributed by atoms with Crippen molar-refractivity contribution < 1.29 is 19.1 Å². The summed E-state index contributed by atoms with van der Waals surface area (Å²) in [5.74, 6) is -0.827. The zero-order valence-corrected chi connectivity index (χ0v) is 16.1. The fourth-order valence-electron chi connectivity index (χ4n) is 2.90. The molecule has 0 aliphatic rings. The highest BCUT2D eigenvalue weighted by Crippen LogP contribution is 2.31. The normalized spacial score (nSPS) is 11.0. The van der Waals surface area contributed by atoms with E-state index < -0.39 is 18.0 Å². The Bertz CT molecular complexity index is 1080. The number of ether oxygens (including phenoxy) is 1.